The van der Waals surface area contributed by atoms with E-state index in [1.807, 2.05) is 13.0 Å². The molecule has 1 aliphatic heterocycles. The average molecular weight is 374 g/mol. The molecular weight excluding hydrogens is 354 g/mol. The number of amides is 1. The van der Waals surface area contributed by atoms with Crippen LogP contribution in [0.15, 0.2) is 36.4 Å². The number of aryl methyl sites for hydroxylation is 1. The number of carbonyl (C=O) groups excluding carboxylic acids is 2. The van der Waals surface area contributed by atoms with Gasteiger partial charge in [-0.05, 0) is 49.2 Å². The molecule has 5 nitrogen and oxygen atoms in total. The molecule has 0 bridgehead atoms. The first-order valence-corrected chi connectivity index (χ1v) is 8.89. The number of halogens is 1. The molecule has 136 valence electrons. The van der Waals surface area contributed by atoms with Gasteiger partial charge in [-0.3, -0.25) is 9.59 Å². The fourth-order valence-electron chi connectivity index (χ4n) is 2.71. The van der Waals surface area contributed by atoms with Crippen LogP contribution in [-0.4, -0.2) is 24.9 Å². The van der Waals surface area contributed by atoms with Crippen LogP contribution in [0.5, 0.6) is 11.5 Å². The summed E-state index contributed by atoms with van der Waals surface area (Å²) in [6, 6.07) is 10.5. The van der Waals surface area contributed by atoms with Crippen molar-refractivity contribution in [1.82, 2.24) is 0 Å². The van der Waals surface area contributed by atoms with Crippen molar-refractivity contribution in [2.24, 2.45) is 0 Å². The Morgan fingerprint density at radius 1 is 1.04 bits per heavy atom. The van der Waals surface area contributed by atoms with Gasteiger partial charge in [-0.2, -0.15) is 0 Å². The van der Waals surface area contributed by atoms with Gasteiger partial charge in [0.25, 0.3) is 0 Å². The maximum absolute atomic E-state index is 12.3. The molecule has 1 amide bonds. The van der Waals surface area contributed by atoms with E-state index >= 15 is 0 Å². The Balaban J connectivity index is 1.50. The van der Waals surface area contributed by atoms with Gasteiger partial charge in [-0.1, -0.05) is 17.7 Å². The number of fused-ring (bicyclic) bond motifs is 1. The number of ketones is 1. The number of ether oxygens (including phenoxy) is 2. The molecular formula is C20H20ClNO4. The zero-order chi connectivity index (χ0) is 18.5. The van der Waals surface area contributed by atoms with Gasteiger partial charge in [0.15, 0.2) is 17.3 Å². The highest BCUT2D eigenvalue weighted by Gasteiger charge is 2.15. The highest BCUT2D eigenvalue weighted by molar-refractivity contribution is 6.31. The van der Waals surface area contributed by atoms with Crippen LogP contribution in [0.4, 0.5) is 5.69 Å². The van der Waals surface area contributed by atoms with Crippen LogP contribution < -0.4 is 14.8 Å². The van der Waals surface area contributed by atoms with Crippen LogP contribution in [0, 0.1) is 6.92 Å². The number of Topliss-reactive ketones (excluding diaryl/α,β-unsaturated/α-hetero) is 1. The van der Waals surface area contributed by atoms with Gasteiger partial charge in [0.1, 0.15) is 13.2 Å². The molecule has 26 heavy (non-hydrogen) atoms. The third-order valence-corrected chi connectivity index (χ3v) is 4.38. The molecule has 0 aromatic heterocycles. The summed E-state index contributed by atoms with van der Waals surface area (Å²) >= 11 is 5.95. The van der Waals surface area contributed by atoms with E-state index in [0.717, 1.165) is 5.56 Å². The minimum absolute atomic E-state index is 0.0197. The summed E-state index contributed by atoms with van der Waals surface area (Å²) < 4.78 is 10.9. The van der Waals surface area contributed by atoms with Crippen molar-refractivity contribution in [3.05, 3.63) is 52.5 Å². The van der Waals surface area contributed by atoms with Crippen molar-refractivity contribution in [1.29, 1.82) is 0 Å². The highest BCUT2D eigenvalue weighted by atomic mass is 35.5. The molecule has 2 aromatic carbocycles. The molecule has 0 atom stereocenters. The number of rotatable bonds is 6. The topological polar surface area (TPSA) is 64.6 Å². The van der Waals surface area contributed by atoms with Crippen molar-refractivity contribution in [2.45, 2.75) is 26.2 Å². The molecule has 1 heterocycles. The number of anilines is 1. The summed E-state index contributed by atoms with van der Waals surface area (Å²) in [6.45, 7) is 2.90. The Kier molecular flexibility index (Phi) is 5.78. The lowest BCUT2D eigenvalue weighted by atomic mass is 10.0. The lowest BCUT2D eigenvalue weighted by molar-refractivity contribution is -0.116. The first kappa shape index (κ1) is 18.3. The van der Waals surface area contributed by atoms with Crippen LogP contribution in [0.3, 0.4) is 0 Å². The first-order chi connectivity index (χ1) is 12.5. The van der Waals surface area contributed by atoms with Crippen LogP contribution in [0.2, 0.25) is 5.02 Å². The molecule has 0 saturated heterocycles. The summed E-state index contributed by atoms with van der Waals surface area (Å²) in [5, 5.41) is 3.40. The fraction of sp³-hybridized carbons (Fsp3) is 0.300. The standard InChI is InChI=1S/C20H20ClNO4/c1-13-5-7-15(21)12-16(13)22-20(24)4-2-3-17(23)14-6-8-18-19(11-14)26-10-9-25-18/h5-8,11-12H,2-4,9-10H2,1H3,(H,22,24). The SMILES string of the molecule is Cc1ccc(Cl)cc1NC(=O)CCCC(=O)c1ccc2c(c1)OCCO2. The Labute approximate surface area is 157 Å². The van der Waals surface area contributed by atoms with E-state index in [-0.39, 0.29) is 18.1 Å². The van der Waals surface area contributed by atoms with Crippen LogP contribution >= 0.6 is 11.6 Å². The van der Waals surface area contributed by atoms with Gasteiger partial charge in [0.05, 0.1) is 0 Å². The predicted octanol–water partition coefficient (Wildman–Crippen LogP) is 4.41. The molecule has 1 aliphatic rings. The van der Waals surface area contributed by atoms with E-state index in [1.165, 1.54) is 0 Å². The summed E-state index contributed by atoms with van der Waals surface area (Å²) in [4.78, 5) is 24.4. The van der Waals surface area contributed by atoms with Crippen LogP contribution in [0.1, 0.15) is 35.2 Å². The lowest BCUT2D eigenvalue weighted by Gasteiger charge is -2.18. The number of benzene rings is 2. The summed E-state index contributed by atoms with van der Waals surface area (Å²) in [7, 11) is 0. The normalized spacial score (nSPS) is 12.5. The quantitative estimate of drug-likeness (QED) is 0.761. The predicted molar refractivity (Wildman–Crippen MR) is 100 cm³/mol. The van der Waals surface area contributed by atoms with Gasteiger partial charge < -0.3 is 14.8 Å². The second kappa shape index (κ2) is 8.23. The van der Waals surface area contributed by atoms with E-state index in [2.05, 4.69) is 5.32 Å². The monoisotopic (exact) mass is 373 g/mol. The summed E-state index contributed by atoms with van der Waals surface area (Å²) in [6.07, 6.45) is 1.03. The van der Waals surface area contributed by atoms with E-state index in [1.54, 1.807) is 30.3 Å². The Morgan fingerprint density at radius 3 is 2.62 bits per heavy atom. The summed E-state index contributed by atoms with van der Waals surface area (Å²) in [5.41, 5.74) is 2.20. The van der Waals surface area contributed by atoms with Crippen molar-refractivity contribution < 1.29 is 19.1 Å². The fourth-order valence-corrected chi connectivity index (χ4v) is 2.88. The molecule has 1 N–H and O–H groups in total. The Hall–Kier alpha value is -2.53. The molecule has 0 fully saturated rings. The molecule has 2 aromatic rings. The highest BCUT2D eigenvalue weighted by Crippen LogP contribution is 2.31. The van der Waals surface area contributed by atoms with Gasteiger partial charge in [-0.15, -0.1) is 0 Å². The largest absolute Gasteiger partial charge is 0.486 e. The molecule has 0 aliphatic carbocycles. The van der Waals surface area contributed by atoms with Gasteiger partial charge in [0.2, 0.25) is 5.91 Å². The van der Waals surface area contributed by atoms with E-state index in [0.29, 0.717) is 53.8 Å². The average Bonchev–Trinajstić information content (AvgIpc) is 2.64. The van der Waals surface area contributed by atoms with Gasteiger partial charge >= 0.3 is 0 Å². The smallest absolute Gasteiger partial charge is 0.224 e. The minimum Gasteiger partial charge on any atom is -0.486 e. The summed E-state index contributed by atoms with van der Waals surface area (Å²) in [5.74, 6) is 1.10. The van der Waals surface area contributed by atoms with Crippen LogP contribution in [-0.2, 0) is 4.79 Å². The number of nitrogens with one attached hydrogen (secondary N) is 1. The van der Waals surface area contributed by atoms with Gasteiger partial charge in [-0.25, -0.2) is 0 Å². The van der Waals surface area contributed by atoms with Crippen molar-refractivity contribution in [2.75, 3.05) is 18.5 Å². The van der Waals surface area contributed by atoms with Crippen molar-refractivity contribution in [3.63, 3.8) is 0 Å². The zero-order valence-electron chi connectivity index (χ0n) is 14.5. The molecule has 0 saturated carbocycles. The molecule has 0 radical (unpaired) electrons. The Bertz CT molecular complexity index is 835. The lowest BCUT2D eigenvalue weighted by Crippen LogP contribution is -2.16. The third-order valence-electron chi connectivity index (χ3n) is 4.15. The van der Waals surface area contributed by atoms with Gasteiger partial charge in [0, 0.05) is 29.1 Å². The molecule has 6 heteroatoms. The number of hydrogen-bond donors (Lipinski definition) is 1. The second-order valence-corrected chi connectivity index (χ2v) is 6.58. The zero-order valence-corrected chi connectivity index (χ0v) is 15.3. The van der Waals surface area contributed by atoms with E-state index < -0.39 is 0 Å². The maximum Gasteiger partial charge on any atom is 0.224 e. The Morgan fingerprint density at radius 2 is 1.81 bits per heavy atom. The number of hydrogen-bond acceptors (Lipinski definition) is 4. The van der Waals surface area contributed by atoms with E-state index in [9.17, 15) is 9.59 Å². The molecule has 3 rings (SSSR count). The van der Waals surface area contributed by atoms with E-state index in [4.69, 9.17) is 21.1 Å². The molecule has 0 unspecified atom stereocenters. The molecule has 0 spiro atoms. The van der Waals surface area contributed by atoms with Crippen molar-refractivity contribution >= 4 is 29.0 Å². The van der Waals surface area contributed by atoms with Crippen molar-refractivity contribution in [3.8, 4) is 11.5 Å². The third kappa shape index (κ3) is 4.55. The van der Waals surface area contributed by atoms with Crippen LogP contribution in [0.25, 0.3) is 0 Å². The first-order valence-electron chi connectivity index (χ1n) is 8.52. The second-order valence-electron chi connectivity index (χ2n) is 6.14. The minimum atomic E-state index is -0.134. The number of carbonyl (C=O) groups is 2. The maximum atomic E-state index is 12.3.